The van der Waals surface area contributed by atoms with Crippen molar-refractivity contribution in [2.45, 2.75) is 89.5 Å². The number of aromatic nitrogens is 2. The Bertz CT molecular complexity index is 2500. The van der Waals surface area contributed by atoms with Gasteiger partial charge in [0.1, 0.15) is 11.9 Å². The molecule has 3 aliphatic rings. The Labute approximate surface area is 369 Å². The summed E-state index contributed by atoms with van der Waals surface area (Å²) in [6.07, 6.45) is 8.94. The Hall–Kier alpha value is -6.78. The molecule has 7 amide bonds. The molecule has 0 radical (unpaired) electrons. The molecule has 336 valence electrons. The van der Waals surface area contributed by atoms with Crippen LogP contribution in [0.3, 0.4) is 0 Å². The highest BCUT2D eigenvalue weighted by Crippen LogP contribution is 2.30. The lowest BCUT2D eigenvalue weighted by molar-refractivity contribution is -0.136. The van der Waals surface area contributed by atoms with Gasteiger partial charge in [-0.2, -0.15) is 5.10 Å². The number of fused-ring (bicyclic) bond motifs is 2. The number of halogens is 1. The summed E-state index contributed by atoms with van der Waals surface area (Å²) >= 11 is 0. The molecule has 7 rings (SSSR count). The van der Waals surface area contributed by atoms with E-state index < -0.39 is 41.4 Å². The molecule has 0 aliphatic carbocycles. The number of unbranched alkanes of at least 4 members (excludes halogenated alkanes) is 7. The Balaban J connectivity index is 0.708. The van der Waals surface area contributed by atoms with Crippen LogP contribution in [0.15, 0.2) is 65.5 Å². The quantitative estimate of drug-likeness (QED) is 0.0767. The third-order valence-electron chi connectivity index (χ3n) is 12.1. The number of carbonyl (C=O) groups is 7. The number of hydrogen-bond acceptors (Lipinski definition) is 10. The van der Waals surface area contributed by atoms with Gasteiger partial charge in [0.05, 0.1) is 27.8 Å². The summed E-state index contributed by atoms with van der Waals surface area (Å²) in [6.45, 7) is 2.21. The van der Waals surface area contributed by atoms with E-state index >= 15 is 0 Å². The summed E-state index contributed by atoms with van der Waals surface area (Å²) in [7, 11) is 0. The second kappa shape index (κ2) is 21.1. The fourth-order valence-electron chi connectivity index (χ4n) is 8.53. The van der Waals surface area contributed by atoms with Crippen LogP contribution in [0.25, 0.3) is 10.8 Å². The van der Waals surface area contributed by atoms with Gasteiger partial charge in [-0.1, -0.05) is 62.8 Å². The third kappa shape index (κ3) is 10.9. The van der Waals surface area contributed by atoms with Gasteiger partial charge in [0.25, 0.3) is 23.3 Å². The SMILES string of the molecule is O=C(CCCCCCCCCCC(=O)N1CCN(C(=O)c2cc(Cc3n[nH]c(=O)c4ccccc34)ccc2F)CC1)NCCNc1ccc2c(c1)C(=O)N(C1CCC(=O)NC1=O)C2=O. The number of nitrogens with one attached hydrogen (secondary N) is 4. The topological polar surface area (TPSA) is 211 Å². The fourth-order valence-corrected chi connectivity index (χ4v) is 8.53. The van der Waals surface area contributed by atoms with Crippen molar-refractivity contribution in [1.29, 1.82) is 0 Å². The van der Waals surface area contributed by atoms with Crippen molar-refractivity contribution < 1.29 is 38.0 Å². The van der Waals surface area contributed by atoms with E-state index in [2.05, 4.69) is 26.1 Å². The van der Waals surface area contributed by atoms with E-state index in [1.54, 1.807) is 46.2 Å². The molecule has 2 saturated heterocycles. The van der Waals surface area contributed by atoms with E-state index in [1.165, 1.54) is 12.1 Å². The van der Waals surface area contributed by atoms with Gasteiger partial charge in [-0.05, 0) is 61.2 Å². The predicted molar refractivity (Wildman–Crippen MR) is 235 cm³/mol. The minimum Gasteiger partial charge on any atom is -0.383 e. The number of rotatable bonds is 19. The number of imide groups is 2. The molecule has 64 heavy (non-hydrogen) atoms. The highest BCUT2D eigenvalue weighted by atomic mass is 19.1. The molecule has 4 heterocycles. The van der Waals surface area contributed by atoms with Crippen molar-refractivity contribution >= 4 is 57.8 Å². The summed E-state index contributed by atoms with van der Waals surface area (Å²) in [5, 5.41) is 16.2. The van der Waals surface area contributed by atoms with E-state index in [0.29, 0.717) is 86.2 Å². The number of amides is 7. The number of anilines is 1. The first-order valence-corrected chi connectivity index (χ1v) is 22.2. The van der Waals surface area contributed by atoms with Crippen molar-refractivity contribution in [2.24, 2.45) is 0 Å². The normalized spacial score (nSPS) is 16.3. The lowest BCUT2D eigenvalue weighted by atomic mass is 10.0. The van der Waals surface area contributed by atoms with Crippen molar-refractivity contribution in [3.05, 3.63) is 105 Å². The monoisotopic (exact) mass is 876 g/mol. The first-order chi connectivity index (χ1) is 31.0. The standard InChI is InChI=1S/C47H53FN8O8/c48-37-18-15-30(28-38-32-11-9-10-12-33(32)43(60)53-52-38)27-36(37)45(62)55-25-23-54(24-26-55)42(59)14-8-6-4-2-1-3-5-7-13-40(57)50-22-21-49-31-16-17-34-35(29-31)47(64)56(46(34)63)39-19-20-41(58)51-44(39)61/h9-12,15-18,27,29,39,49H,1-8,13-14,19-26,28H2,(H,50,57)(H,53,60)(H,51,58,61). The molecule has 0 bridgehead atoms. The second-order valence-electron chi connectivity index (χ2n) is 16.5. The van der Waals surface area contributed by atoms with E-state index in [4.69, 9.17) is 0 Å². The predicted octanol–water partition coefficient (Wildman–Crippen LogP) is 4.47. The van der Waals surface area contributed by atoms with Gasteiger partial charge in [0, 0.05) is 76.0 Å². The second-order valence-corrected chi connectivity index (χ2v) is 16.5. The van der Waals surface area contributed by atoms with E-state index in [-0.39, 0.29) is 46.9 Å². The minimum atomic E-state index is -1.02. The molecule has 2 fully saturated rings. The summed E-state index contributed by atoms with van der Waals surface area (Å²) in [4.78, 5) is 105. The molecule has 17 heteroatoms. The Morgan fingerprint density at radius 3 is 2.14 bits per heavy atom. The number of carbonyl (C=O) groups excluding carboxylic acids is 7. The zero-order valence-corrected chi connectivity index (χ0v) is 35.7. The van der Waals surface area contributed by atoms with Crippen LogP contribution >= 0.6 is 0 Å². The number of piperidine rings is 1. The van der Waals surface area contributed by atoms with Gasteiger partial charge >= 0.3 is 0 Å². The van der Waals surface area contributed by atoms with E-state index in [1.807, 2.05) is 12.1 Å². The minimum absolute atomic E-state index is 0.0300. The largest absolute Gasteiger partial charge is 0.383 e. The molecule has 3 aliphatic heterocycles. The molecular weight excluding hydrogens is 824 g/mol. The van der Waals surface area contributed by atoms with Crippen LogP contribution in [0.5, 0.6) is 0 Å². The smallest absolute Gasteiger partial charge is 0.272 e. The third-order valence-corrected chi connectivity index (χ3v) is 12.1. The van der Waals surface area contributed by atoms with E-state index in [0.717, 1.165) is 56.3 Å². The number of nitrogens with zero attached hydrogens (tertiary/aromatic N) is 4. The van der Waals surface area contributed by atoms with Gasteiger partial charge in [-0.3, -0.25) is 48.6 Å². The zero-order valence-electron chi connectivity index (χ0n) is 35.7. The Kier molecular flexibility index (Phi) is 14.9. The van der Waals surface area contributed by atoms with Crippen LogP contribution in [0.2, 0.25) is 0 Å². The van der Waals surface area contributed by atoms with E-state index in [9.17, 15) is 42.7 Å². The molecule has 1 aromatic heterocycles. The number of H-pyrrole nitrogens is 1. The Morgan fingerprint density at radius 2 is 1.41 bits per heavy atom. The highest BCUT2D eigenvalue weighted by Gasteiger charge is 2.44. The molecule has 1 atom stereocenters. The number of piperazine rings is 1. The van der Waals surface area contributed by atoms with Crippen LogP contribution in [0, 0.1) is 5.82 Å². The first kappa shape index (κ1) is 45.3. The molecule has 4 aromatic rings. The van der Waals surface area contributed by atoms with Crippen molar-refractivity contribution in [3.63, 3.8) is 0 Å². The van der Waals surface area contributed by atoms with Crippen LogP contribution in [-0.4, -0.2) is 112 Å². The van der Waals surface area contributed by atoms with Gasteiger partial charge in [0.2, 0.25) is 23.6 Å². The van der Waals surface area contributed by atoms with Crippen molar-refractivity contribution in [3.8, 4) is 0 Å². The molecule has 4 N–H and O–H groups in total. The summed E-state index contributed by atoms with van der Waals surface area (Å²) < 4.78 is 14.9. The molecule has 0 spiro atoms. The molecular formula is C47H53FN8O8. The summed E-state index contributed by atoms with van der Waals surface area (Å²) in [6, 6.07) is 15.3. The van der Waals surface area contributed by atoms with Crippen LogP contribution in [0.4, 0.5) is 10.1 Å². The zero-order chi connectivity index (χ0) is 45.2. The lowest BCUT2D eigenvalue weighted by Gasteiger charge is -2.35. The van der Waals surface area contributed by atoms with Gasteiger partial charge < -0.3 is 20.4 Å². The van der Waals surface area contributed by atoms with Crippen LogP contribution < -0.4 is 21.5 Å². The average Bonchev–Trinajstić information content (AvgIpc) is 3.54. The molecule has 1 unspecified atom stereocenters. The first-order valence-electron chi connectivity index (χ1n) is 22.2. The fraction of sp³-hybridized carbons (Fsp3) is 0.426. The number of aromatic amines is 1. The Morgan fingerprint density at radius 1 is 0.734 bits per heavy atom. The van der Waals surface area contributed by atoms with Crippen molar-refractivity contribution in [1.82, 2.24) is 35.5 Å². The maximum Gasteiger partial charge on any atom is 0.272 e. The average molecular weight is 877 g/mol. The molecule has 3 aromatic carbocycles. The van der Waals surface area contributed by atoms with Gasteiger partial charge in [0.15, 0.2) is 0 Å². The van der Waals surface area contributed by atoms with Crippen LogP contribution in [-0.2, 0) is 25.6 Å². The molecule has 0 saturated carbocycles. The summed E-state index contributed by atoms with van der Waals surface area (Å²) in [5.41, 5.74) is 1.98. The molecule has 16 nitrogen and oxygen atoms in total. The maximum absolute atomic E-state index is 14.9. The van der Waals surface area contributed by atoms with Gasteiger partial charge in [-0.25, -0.2) is 9.49 Å². The summed E-state index contributed by atoms with van der Waals surface area (Å²) in [5.74, 6) is -3.23. The number of benzene rings is 3. The lowest BCUT2D eigenvalue weighted by Crippen LogP contribution is -2.54. The highest BCUT2D eigenvalue weighted by molar-refractivity contribution is 6.23. The van der Waals surface area contributed by atoms with Gasteiger partial charge in [-0.15, -0.1) is 0 Å². The van der Waals surface area contributed by atoms with Crippen molar-refractivity contribution in [2.75, 3.05) is 44.6 Å². The maximum atomic E-state index is 14.9. The van der Waals surface area contributed by atoms with Crippen LogP contribution in [0.1, 0.15) is 119 Å². The number of hydrogen-bond donors (Lipinski definition) is 4.